The smallest absolute Gasteiger partial charge is 0.220 e. The minimum atomic E-state index is -0.725. The van der Waals surface area contributed by atoms with Crippen molar-refractivity contribution in [3.8, 4) is 5.75 Å². The maximum Gasteiger partial charge on any atom is 0.220 e. The first-order chi connectivity index (χ1) is 17.1. The van der Waals surface area contributed by atoms with Crippen molar-refractivity contribution in [1.82, 2.24) is 10.2 Å². The second-order valence-electron chi connectivity index (χ2n) is 10.4. The summed E-state index contributed by atoms with van der Waals surface area (Å²) in [6, 6.07) is 7.20. The normalized spacial score (nSPS) is 15.7. The Kier molecular flexibility index (Phi) is 15.8. The van der Waals surface area contributed by atoms with Crippen LogP contribution in [0.2, 0.25) is 0 Å². The van der Waals surface area contributed by atoms with E-state index in [4.69, 9.17) is 4.74 Å². The number of hydrogen-bond donors (Lipinski definition) is 2. The van der Waals surface area contributed by atoms with Gasteiger partial charge in [-0.15, -0.1) is 0 Å². The molecule has 0 saturated carbocycles. The molecule has 5 nitrogen and oxygen atoms in total. The van der Waals surface area contributed by atoms with Crippen LogP contribution in [-0.4, -0.2) is 48.7 Å². The number of amides is 1. The number of carbonyl (C=O) groups is 1. The Hall–Kier alpha value is -1.59. The number of carbonyl (C=O) groups excluding carboxylic acids is 1. The Bertz CT molecular complexity index is 658. The average molecular weight is 489 g/mol. The summed E-state index contributed by atoms with van der Waals surface area (Å²) < 4.78 is 5.23. The van der Waals surface area contributed by atoms with Gasteiger partial charge in [-0.05, 0) is 50.0 Å². The summed E-state index contributed by atoms with van der Waals surface area (Å²) >= 11 is 0. The first kappa shape index (κ1) is 29.6. The number of nitrogens with zero attached hydrogens (tertiary/aromatic N) is 1. The molecular weight excluding hydrogens is 436 g/mol. The van der Waals surface area contributed by atoms with Gasteiger partial charge in [0.2, 0.25) is 5.91 Å². The van der Waals surface area contributed by atoms with Gasteiger partial charge in [0, 0.05) is 13.0 Å². The molecule has 1 aromatic carbocycles. The van der Waals surface area contributed by atoms with E-state index < -0.39 is 6.10 Å². The monoisotopic (exact) mass is 488 g/mol. The van der Waals surface area contributed by atoms with Crippen molar-refractivity contribution in [3.63, 3.8) is 0 Å². The van der Waals surface area contributed by atoms with Crippen LogP contribution >= 0.6 is 0 Å². The highest BCUT2D eigenvalue weighted by atomic mass is 16.5. The molecule has 35 heavy (non-hydrogen) atoms. The number of hydrogen-bond acceptors (Lipinski definition) is 4. The van der Waals surface area contributed by atoms with Crippen molar-refractivity contribution in [3.05, 3.63) is 29.8 Å². The summed E-state index contributed by atoms with van der Waals surface area (Å²) in [5.74, 6) is 0.827. The van der Waals surface area contributed by atoms with Gasteiger partial charge in [-0.3, -0.25) is 4.79 Å². The van der Waals surface area contributed by atoms with Crippen LogP contribution in [0.4, 0.5) is 0 Å². The van der Waals surface area contributed by atoms with E-state index in [-0.39, 0.29) is 11.9 Å². The molecule has 0 spiro atoms. The SMILES string of the molecule is CCCCCCCCCCCCCCCC(=O)N[C@H](CN1CCCC1)[C@H](O)c1ccc(OC)cc1. The van der Waals surface area contributed by atoms with Gasteiger partial charge >= 0.3 is 0 Å². The summed E-state index contributed by atoms with van der Waals surface area (Å²) in [6.45, 7) is 5.05. The first-order valence-corrected chi connectivity index (χ1v) is 14.5. The summed E-state index contributed by atoms with van der Waals surface area (Å²) in [6.07, 6.45) is 19.1. The van der Waals surface area contributed by atoms with Crippen LogP contribution in [0.5, 0.6) is 5.75 Å². The quantitative estimate of drug-likeness (QED) is 0.198. The molecule has 2 atom stereocenters. The lowest BCUT2D eigenvalue weighted by atomic mass is 10.0. The zero-order chi connectivity index (χ0) is 25.1. The molecular formula is C30H52N2O3. The van der Waals surface area contributed by atoms with E-state index in [0.29, 0.717) is 13.0 Å². The molecule has 1 amide bonds. The molecule has 1 heterocycles. The molecule has 0 aromatic heterocycles. The zero-order valence-electron chi connectivity index (χ0n) is 22.6. The van der Waals surface area contributed by atoms with Crippen LogP contribution in [0, 0.1) is 0 Å². The largest absolute Gasteiger partial charge is 0.497 e. The fourth-order valence-corrected chi connectivity index (χ4v) is 5.08. The number of aliphatic hydroxyl groups excluding tert-OH is 1. The molecule has 1 aliphatic heterocycles. The van der Waals surface area contributed by atoms with Gasteiger partial charge < -0.3 is 20.1 Å². The lowest BCUT2D eigenvalue weighted by molar-refractivity contribution is -0.123. The van der Waals surface area contributed by atoms with E-state index in [9.17, 15) is 9.90 Å². The number of methoxy groups -OCH3 is 1. The van der Waals surface area contributed by atoms with Crippen LogP contribution in [0.3, 0.4) is 0 Å². The van der Waals surface area contributed by atoms with E-state index in [0.717, 1.165) is 37.2 Å². The van der Waals surface area contributed by atoms with Crippen molar-refractivity contribution >= 4 is 5.91 Å². The molecule has 0 unspecified atom stereocenters. The van der Waals surface area contributed by atoms with Gasteiger partial charge in [-0.25, -0.2) is 0 Å². The molecule has 2 N–H and O–H groups in total. The molecule has 0 aliphatic carbocycles. The second-order valence-corrected chi connectivity index (χ2v) is 10.4. The number of nitrogens with one attached hydrogen (secondary N) is 1. The minimum Gasteiger partial charge on any atom is -0.497 e. The first-order valence-electron chi connectivity index (χ1n) is 14.5. The van der Waals surface area contributed by atoms with Crippen molar-refractivity contribution in [1.29, 1.82) is 0 Å². The van der Waals surface area contributed by atoms with Gasteiger partial charge in [0.25, 0.3) is 0 Å². The van der Waals surface area contributed by atoms with Crippen LogP contribution in [0.25, 0.3) is 0 Å². The Morgan fingerprint density at radius 1 is 0.886 bits per heavy atom. The lowest BCUT2D eigenvalue weighted by Gasteiger charge is -2.29. The lowest BCUT2D eigenvalue weighted by Crippen LogP contribution is -2.46. The fourth-order valence-electron chi connectivity index (χ4n) is 5.08. The Morgan fingerprint density at radius 2 is 1.40 bits per heavy atom. The maximum absolute atomic E-state index is 12.7. The molecule has 1 aliphatic rings. The molecule has 1 fully saturated rings. The predicted octanol–water partition coefficient (Wildman–Crippen LogP) is 6.79. The fraction of sp³-hybridized carbons (Fsp3) is 0.767. The molecule has 2 rings (SSSR count). The standard InChI is InChI=1S/C30H52N2O3/c1-3-4-5-6-7-8-9-10-11-12-13-14-15-18-29(33)31-28(25-32-23-16-17-24-32)30(34)26-19-21-27(35-2)22-20-26/h19-22,28,30,34H,3-18,23-25H2,1-2H3,(H,31,33)/t28-,30-/m1/s1. The van der Waals surface area contributed by atoms with Crippen LogP contribution in [-0.2, 0) is 4.79 Å². The zero-order valence-corrected chi connectivity index (χ0v) is 22.6. The van der Waals surface area contributed by atoms with Crippen LogP contribution in [0.1, 0.15) is 121 Å². The number of aliphatic hydroxyl groups is 1. The summed E-state index contributed by atoms with van der Waals surface area (Å²) in [7, 11) is 1.64. The second kappa shape index (κ2) is 18.6. The molecule has 1 saturated heterocycles. The Balaban J connectivity index is 1.62. The highest BCUT2D eigenvalue weighted by Gasteiger charge is 2.26. The third-order valence-corrected chi connectivity index (χ3v) is 7.35. The van der Waals surface area contributed by atoms with E-state index in [1.807, 2.05) is 24.3 Å². The van der Waals surface area contributed by atoms with Crippen molar-refractivity contribution < 1.29 is 14.6 Å². The minimum absolute atomic E-state index is 0.0600. The van der Waals surface area contributed by atoms with Crippen molar-refractivity contribution in [2.45, 2.75) is 122 Å². The van der Waals surface area contributed by atoms with Crippen molar-refractivity contribution in [2.75, 3.05) is 26.7 Å². The topological polar surface area (TPSA) is 61.8 Å². The summed E-state index contributed by atoms with van der Waals surface area (Å²) in [5, 5.41) is 14.2. The molecule has 0 bridgehead atoms. The summed E-state index contributed by atoms with van der Waals surface area (Å²) in [5.41, 5.74) is 0.816. The van der Waals surface area contributed by atoms with Crippen LogP contribution < -0.4 is 10.1 Å². The third kappa shape index (κ3) is 12.8. The maximum atomic E-state index is 12.7. The van der Waals surface area contributed by atoms with Gasteiger partial charge in [0.1, 0.15) is 11.9 Å². The third-order valence-electron chi connectivity index (χ3n) is 7.35. The summed E-state index contributed by atoms with van der Waals surface area (Å²) in [4.78, 5) is 15.1. The van der Waals surface area contributed by atoms with Gasteiger partial charge in [-0.1, -0.05) is 96.1 Å². The van der Waals surface area contributed by atoms with E-state index in [2.05, 4.69) is 17.1 Å². The van der Waals surface area contributed by atoms with Crippen LogP contribution in [0.15, 0.2) is 24.3 Å². The number of ether oxygens (including phenoxy) is 1. The molecule has 5 heteroatoms. The van der Waals surface area contributed by atoms with E-state index in [1.54, 1.807) is 7.11 Å². The Morgan fingerprint density at radius 3 is 1.91 bits per heavy atom. The number of unbranched alkanes of at least 4 members (excludes halogenated alkanes) is 12. The predicted molar refractivity (Wildman–Crippen MR) is 146 cm³/mol. The van der Waals surface area contributed by atoms with Gasteiger partial charge in [0.15, 0.2) is 0 Å². The van der Waals surface area contributed by atoms with E-state index >= 15 is 0 Å². The average Bonchev–Trinajstić information content (AvgIpc) is 3.39. The van der Waals surface area contributed by atoms with Crippen molar-refractivity contribution in [2.24, 2.45) is 0 Å². The van der Waals surface area contributed by atoms with Gasteiger partial charge in [0.05, 0.1) is 13.2 Å². The molecule has 200 valence electrons. The molecule has 1 aromatic rings. The Labute approximate surface area is 215 Å². The van der Waals surface area contributed by atoms with E-state index in [1.165, 1.54) is 83.5 Å². The number of benzene rings is 1. The highest BCUT2D eigenvalue weighted by molar-refractivity contribution is 5.76. The van der Waals surface area contributed by atoms with Gasteiger partial charge in [-0.2, -0.15) is 0 Å². The number of rotatable bonds is 20. The number of likely N-dealkylation sites (tertiary alicyclic amines) is 1. The molecule has 0 radical (unpaired) electrons. The highest BCUT2D eigenvalue weighted by Crippen LogP contribution is 2.22.